The Kier molecular flexibility index (Phi) is 3.26. The molecule has 6 heteroatoms. The molecule has 0 bridgehead atoms. The lowest BCUT2D eigenvalue weighted by molar-refractivity contribution is -0.128. The van der Waals surface area contributed by atoms with Crippen molar-refractivity contribution in [2.75, 3.05) is 18.4 Å². The largest absolute Gasteiger partial charge is 0.342 e. The average Bonchev–Trinajstić information content (AvgIpc) is 2.97. The zero-order valence-corrected chi connectivity index (χ0v) is 11.7. The number of likely N-dealkylation sites (tertiary alicyclic amines) is 1. The van der Waals surface area contributed by atoms with Gasteiger partial charge in [-0.25, -0.2) is 4.98 Å². The fourth-order valence-electron chi connectivity index (χ4n) is 2.36. The van der Waals surface area contributed by atoms with Gasteiger partial charge in [-0.15, -0.1) is 11.3 Å². The molecule has 0 aromatic carbocycles. The number of carbonyl (C=O) groups is 2. The fraction of sp³-hybridized carbons (Fsp3) is 0.615. The summed E-state index contributed by atoms with van der Waals surface area (Å²) in [4.78, 5) is 31.0. The number of thiazole rings is 1. The van der Waals surface area contributed by atoms with Crippen molar-refractivity contribution in [3.05, 3.63) is 11.1 Å². The Balaban J connectivity index is 1.57. The molecule has 3 rings (SSSR count). The lowest BCUT2D eigenvalue weighted by atomic mass is 10.1. The fourth-order valence-corrected chi connectivity index (χ4v) is 3.02. The molecule has 1 aromatic rings. The second-order valence-corrected chi connectivity index (χ2v) is 6.64. The van der Waals surface area contributed by atoms with Crippen LogP contribution in [0, 0.1) is 18.8 Å². The number of aromatic nitrogens is 1. The predicted octanol–water partition coefficient (Wildman–Crippen LogP) is 1.65. The molecule has 2 aliphatic rings. The number of rotatable bonds is 4. The van der Waals surface area contributed by atoms with Crippen LogP contribution in [0.2, 0.25) is 0 Å². The maximum Gasteiger partial charge on any atom is 0.231 e. The van der Waals surface area contributed by atoms with Crippen molar-refractivity contribution in [2.45, 2.75) is 26.2 Å². The summed E-state index contributed by atoms with van der Waals surface area (Å²) >= 11 is 1.46. The second kappa shape index (κ2) is 4.92. The first-order valence-corrected chi connectivity index (χ1v) is 7.44. The number of nitrogens with one attached hydrogen (secondary N) is 1. The molecule has 1 aliphatic heterocycles. The molecule has 0 radical (unpaired) electrons. The number of aryl methyl sites for hydroxylation is 1. The maximum atomic E-state index is 12.1. The molecule has 1 atom stereocenters. The summed E-state index contributed by atoms with van der Waals surface area (Å²) in [5.41, 5.74) is 0. The maximum absolute atomic E-state index is 12.1. The molecule has 5 nitrogen and oxygen atoms in total. The summed E-state index contributed by atoms with van der Waals surface area (Å²) in [6, 6.07) is 0. The SMILES string of the molecule is Cc1cnc(NC(=O)[C@H]2CC(=O)N(CC3CC3)C2)s1. The first-order chi connectivity index (χ1) is 9.11. The Bertz CT molecular complexity index is 510. The predicted molar refractivity (Wildman–Crippen MR) is 72.9 cm³/mol. The molecule has 2 fully saturated rings. The average molecular weight is 279 g/mol. The summed E-state index contributed by atoms with van der Waals surface area (Å²) < 4.78 is 0. The highest BCUT2D eigenvalue weighted by atomic mass is 32.1. The lowest BCUT2D eigenvalue weighted by Crippen LogP contribution is -2.29. The topological polar surface area (TPSA) is 62.3 Å². The minimum atomic E-state index is -0.226. The summed E-state index contributed by atoms with van der Waals surface area (Å²) in [6.07, 6.45) is 4.51. The molecule has 1 saturated carbocycles. The van der Waals surface area contributed by atoms with Gasteiger partial charge >= 0.3 is 0 Å². The standard InChI is InChI=1S/C13H17N3O2S/c1-8-5-14-13(19-8)15-12(18)10-4-11(17)16(7-10)6-9-2-3-9/h5,9-10H,2-4,6-7H2,1H3,(H,14,15,18)/t10-/m0/s1. The van der Waals surface area contributed by atoms with Gasteiger partial charge in [0.1, 0.15) is 0 Å². The van der Waals surface area contributed by atoms with Crippen LogP contribution in [0.25, 0.3) is 0 Å². The molecule has 1 aliphatic carbocycles. The van der Waals surface area contributed by atoms with E-state index >= 15 is 0 Å². The van der Waals surface area contributed by atoms with E-state index in [2.05, 4.69) is 10.3 Å². The third-order valence-corrected chi connectivity index (χ3v) is 4.44. The van der Waals surface area contributed by atoms with Crippen LogP contribution in [0.5, 0.6) is 0 Å². The van der Waals surface area contributed by atoms with Crippen LogP contribution in [0.1, 0.15) is 24.1 Å². The summed E-state index contributed by atoms with van der Waals surface area (Å²) in [6.45, 7) is 3.34. The van der Waals surface area contributed by atoms with Crippen molar-refractivity contribution in [3.8, 4) is 0 Å². The minimum absolute atomic E-state index is 0.0824. The number of hydrogen-bond donors (Lipinski definition) is 1. The molecule has 1 N–H and O–H groups in total. The molecule has 2 heterocycles. The van der Waals surface area contributed by atoms with Crippen molar-refractivity contribution >= 4 is 28.3 Å². The molecule has 0 spiro atoms. The Hall–Kier alpha value is -1.43. The van der Waals surface area contributed by atoms with Gasteiger partial charge in [-0.2, -0.15) is 0 Å². The van der Waals surface area contributed by atoms with E-state index in [9.17, 15) is 9.59 Å². The van der Waals surface area contributed by atoms with Crippen LogP contribution in [0.4, 0.5) is 5.13 Å². The summed E-state index contributed by atoms with van der Waals surface area (Å²) in [5, 5.41) is 3.43. The number of nitrogens with zero attached hydrogens (tertiary/aromatic N) is 2. The van der Waals surface area contributed by atoms with Gasteiger partial charge in [-0.3, -0.25) is 9.59 Å². The van der Waals surface area contributed by atoms with E-state index < -0.39 is 0 Å². The third kappa shape index (κ3) is 2.94. The van der Waals surface area contributed by atoms with Crippen molar-refractivity contribution in [3.63, 3.8) is 0 Å². The highest BCUT2D eigenvalue weighted by Gasteiger charge is 2.37. The number of anilines is 1. The van der Waals surface area contributed by atoms with Gasteiger partial charge in [0.2, 0.25) is 11.8 Å². The van der Waals surface area contributed by atoms with Crippen molar-refractivity contribution in [1.29, 1.82) is 0 Å². The van der Waals surface area contributed by atoms with Crippen LogP contribution in [-0.2, 0) is 9.59 Å². The number of amides is 2. The van der Waals surface area contributed by atoms with E-state index in [4.69, 9.17) is 0 Å². The first kappa shape index (κ1) is 12.6. The van der Waals surface area contributed by atoms with E-state index in [1.807, 2.05) is 11.8 Å². The van der Waals surface area contributed by atoms with Gasteiger partial charge in [0.05, 0.1) is 5.92 Å². The Labute approximate surface area is 116 Å². The van der Waals surface area contributed by atoms with Crippen LogP contribution < -0.4 is 5.32 Å². The third-order valence-electron chi connectivity index (χ3n) is 3.61. The van der Waals surface area contributed by atoms with Gasteiger partial charge in [0, 0.05) is 30.6 Å². The monoisotopic (exact) mass is 279 g/mol. The normalized spacial score (nSPS) is 22.9. The van der Waals surface area contributed by atoms with E-state index in [1.165, 1.54) is 24.2 Å². The molecule has 2 amide bonds. The zero-order chi connectivity index (χ0) is 13.4. The first-order valence-electron chi connectivity index (χ1n) is 6.63. The van der Waals surface area contributed by atoms with Gasteiger partial charge in [-0.05, 0) is 25.7 Å². The van der Waals surface area contributed by atoms with Crippen LogP contribution in [0.15, 0.2) is 6.20 Å². The summed E-state index contributed by atoms with van der Waals surface area (Å²) in [5.74, 6) is 0.478. The second-order valence-electron chi connectivity index (χ2n) is 5.41. The van der Waals surface area contributed by atoms with Crippen molar-refractivity contribution in [2.24, 2.45) is 11.8 Å². The van der Waals surface area contributed by atoms with E-state index in [0.717, 1.165) is 11.4 Å². The molecule has 19 heavy (non-hydrogen) atoms. The van der Waals surface area contributed by atoms with Gasteiger partial charge in [0.15, 0.2) is 5.13 Å². The van der Waals surface area contributed by atoms with Gasteiger partial charge in [0.25, 0.3) is 0 Å². The molecule has 1 aromatic heterocycles. The van der Waals surface area contributed by atoms with E-state index in [0.29, 0.717) is 24.0 Å². The Morgan fingerprint density at radius 3 is 3.00 bits per heavy atom. The lowest BCUT2D eigenvalue weighted by Gasteiger charge is -2.15. The minimum Gasteiger partial charge on any atom is -0.342 e. The quantitative estimate of drug-likeness (QED) is 0.911. The van der Waals surface area contributed by atoms with Crippen molar-refractivity contribution in [1.82, 2.24) is 9.88 Å². The molecular weight excluding hydrogens is 262 g/mol. The number of hydrogen-bond acceptors (Lipinski definition) is 4. The zero-order valence-electron chi connectivity index (χ0n) is 10.9. The van der Waals surface area contributed by atoms with Crippen LogP contribution in [-0.4, -0.2) is 34.8 Å². The van der Waals surface area contributed by atoms with Gasteiger partial charge in [-0.1, -0.05) is 0 Å². The van der Waals surface area contributed by atoms with Crippen LogP contribution >= 0.6 is 11.3 Å². The number of carbonyl (C=O) groups excluding carboxylic acids is 2. The molecule has 102 valence electrons. The van der Waals surface area contributed by atoms with Gasteiger partial charge < -0.3 is 10.2 Å². The highest BCUT2D eigenvalue weighted by Crippen LogP contribution is 2.32. The summed E-state index contributed by atoms with van der Waals surface area (Å²) in [7, 11) is 0. The molecule has 1 saturated heterocycles. The highest BCUT2D eigenvalue weighted by molar-refractivity contribution is 7.15. The van der Waals surface area contributed by atoms with E-state index in [-0.39, 0.29) is 17.7 Å². The smallest absolute Gasteiger partial charge is 0.231 e. The van der Waals surface area contributed by atoms with Crippen LogP contribution in [0.3, 0.4) is 0 Å². The molecule has 0 unspecified atom stereocenters. The van der Waals surface area contributed by atoms with E-state index in [1.54, 1.807) is 6.20 Å². The molecular formula is C13H17N3O2S. The van der Waals surface area contributed by atoms with Crippen molar-refractivity contribution < 1.29 is 9.59 Å². The Morgan fingerprint density at radius 2 is 2.37 bits per heavy atom. The Morgan fingerprint density at radius 1 is 1.58 bits per heavy atom.